The summed E-state index contributed by atoms with van der Waals surface area (Å²) in [7, 11) is 0. The molecule has 1 unspecified atom stereocenters. The van der Waals surface area contributed by atoms with Gasteiger partial charge >= 0.3 is 6.36 Å². The Kier molecular flexibility index (Phi) is 4.11. The van der Waals surface area contributed by atoms with Crippen molar-refractivity contribution in [2.24, 2.45) is 5.92 Å². The number of hydrogen-bond donors (Lipinski definition) is 1. The molecule has 1 aromatic rings. The molecule has 1 aliphatic heterocycles. The molecular formula is C13H16F3NO. The summed E-state index contributed by atoms with van der Waals surface area (Å²) in [4.78, 5) is 0. The van der Waals surface area contributed by atoms with Gasteiger partial charge in [0.25, 0.3) is 0 Å². The molecule has 1 aliphatic rings. The lowest BCUT2D eigenvalue weighted by atomic mass is 9.92. The number of ether oxygens (including phenoxy) is 1. The standard InChI is InChI=1S/C13H16F3NO/c14-13(15,16)18-12-5-3-10(4-6-12)8-11-2-1-7-17-9-11/h3-6,11,17H,1-2,7-9H2. The first-order chi connectivity index (χ1) is 8.53. The minimum atomic E-state index is -4.62. The quantitative estimate of drug-likeness (QED) is 0.900. The lowest BCUT2D eigenvalue weighted by Crippen LogP contribution is -2.30. The van der Waals surface area contributed by atoms with Gasteiger partial charge < -0.3 is 10.1 Å². The van der Waals surface area contributed by atoms with Gasteiger partial charge in [0, 0.05) is 0 Å². The van der Waals surface area contributed by atoms with Gasteiger partial charge in [-0.05, 0) is 56.0 Å². The third kappa shape index (κ3) is 4.22. The monoisotopic (exact) mass is 259 g/mol. The second-order valence-corrected chi connectivity index (χ2v) is 4.61. The fraction of sp³-hybridized carbons (Fsp3) is 0.538. The molecule has 2 rings (SSSR count). The molecular weight excluding hydrogens is 243 g/mol. The Morgan fingerprint density at radius 1 is 1.22 bits per heavy atom. The van der Waals surface area contributed by atoms with E-state index in [4.69, 9.17) is 0 Å². The van der Waals surface area contributed by atoms with E-state index in [2.05, 4.69) is 10.1 Å². The van der Waals surface area contributed by atoms with E-state index in [1.807, 2.05) is 0 Å². The van der Waals surface area contributed by atoms with Crippen LogP contribution in [0.4, 0.5) is 13.2 Å². The summed E-state index contributed by atoms with van der Waals surface area (Å²) in [6.45, 7) is 2.05. The molecule has 5 heteroatoms. The second kappa shape index (κ2) is 5.61. The van der Waals surface area contributed by atoms with E-state index >= 15 is 0 Å². The molecule has 1 atom stereocenters. The van der Waals surface area contributed by atoms with E-state index in [-0.39, 0.29) is 5.75 Å². The molecule has 1 fully saturated rings. The largest absolute Gasteiger partial charge is 0.573 e. The highest BCUT2D eigenvalue weighted by atomic mass is 19.4. The highest BCUT2D eigenvalue weighted by molar-refractivity contribution is 5.27. The van der Waals surface area contributed by atoms with Crippen molar-refractivity contribution in [3.63, 3.8) is 0 Å². The summed E-state index contributed by atoms with van der Waals surface area (Å²) >= 11 is 0. The predicted molar refractivity (Wildman–Crippen MR) is 62.4 cm³/mol. The zero-order chi connectivity index (χ0) is 13.0. The maximum atomic E-state index is 12.0. The molecule has 1 N–H and O–H groups in total. The van der Waals surface area contributed by atoms with Gasteiger partial charge in [0.05, 0.1) is 0 Å². The van der Waals surface area contributed by atoms with Gasteiger partial charge in [0.2, 0.25) is 0 Å². The minimum Gasteiger partial charge on any atom is -0.406 e. The van der Waals surface area contributed by atoms with E-state index in [0.717, 1.165) is 25.1 Å². The van der Waals surface area contributed by atoms with Crippen LogP contribution in [-0.2, 0) is 6.42 Å². The third-order valence-corrected chi connectivity index (χ3v) is 3.08. The van der Waals surface area contributed by atoms with E-state index in [1.165, 1.54) is 25.0 Å². The number of halogens is 3. The zero-order valence-electron chi connectivity index (χ0n) is 9.96. The summed E-state index contributed by atoms with van der Waals surface area (Å²) in [5.41, 5.74) is 1.05. The van der Waals surface area contributed by atoms with Crippen LogP contribution < -0.4 is 10.1 Å². The molecule has 1 saturated heterocycles. The van der Waals surface area contributed by atoms with Gasteiger partial charge in [0.15, 0.2) is 0 Å². The fourth-order valence-corrected chi connectivity index (χ4v) is 2.26. The molecule has 18 heavy (non-hydrogen) atoms. The average Bonchev–Trinajstić information content (AvgIpc) is 2.31. The molecule has 0 saturated carbocycles. The molecule has 1 heterocycles. The van der Waals surface area contributed by atoms with Crippen molar-refractivity contribution in [3.8, 4) is 5.75 Å². The first-order valence-electron chi connectivity index (χ1n) is 6.08. The SMILES string of the molecule is FC(F)(F)Oc1ccc(CC2CCCNC2)cc1. The number of alkyl halides is 3. The number of hydrogen-bond acceptors (Lipinski definition) is 2. The Morgan fingerprint density at radius 2 is 1.94 bits per heavy atom. The molecule has 0 radical (unpaired) electrons. The van der Waals surface area contributed by atoms with Crippen molar-refractivity contribution in [1.29, 1.82) is 0 Å². The van der Waals surface area contributed by atoms with E-state index < -0.39 is 6.36 Å². The smallest absolute Gasteiger partial charge is 0.406 e. The fourth-order valence-electron chi connectivity index (χ4n) is 2.26. The molecule has 0 aliphatic carbocycles. The molecule has 100 valence electrons. The number of benzene rings is 1. The topological polar surface area (TPSA) is 21.3 Å². The first kappa shape index (κ1) is 13.2. The Hall–Kier alpha value is -1.23. The Bertz CT molecular complexity index is 369. The van der Waals surface area contributed by atoms with Crippen molar-refractivity contribution >= 4 is 0 Å². The predicted octanol–water partition coefficient (Wildman–Crippen LogP) is 3.13. The molecule has 0 amide bonds. The van der Waals surface area contributed by atoms with Crippen LogP contribution in [0.3, 0.4) is 0 Å². The number of rotatable bonds is 3. The van der Waals surface area contributed by atoms with Gasteiger partial charge in [-0.15, -0.1) is 13.2 Å². The second-order valence-electron chi connectivity index (χ2n) is 4.61. The van der Waals surface area contributed by atoms with E-state index in [9.17, 15) is 13.2 Å². The van der Waals surface area contributed by atoms with Crippen LogP contribution in [0.1, 0.15) is 18.4 Å². The van der Waals surface area contributed by atoms with Crippen molar-refractivity contribution < 1.29 is 17.9 Å². The lowest BCUT2D eigenvalue weighted by Gasteiger charge is -2.22. The van der Waals surface area contributed by atoms with Crippen LogP contribution in [0.25, 0.3) is 0 Å². The maximum absolute atomic E-state index is 12.0. The van der Waals surface area contributed by atoms with Crippen molar-refractivity contribution in [1.82, 2.24) is 5.32 Å². The normalized spacial score (nSPS) is 20.7. The van der Waals surface area contributed by atoms with Gasteiger partial charge in [-0.3, -0.25) is 0 Å². The molecule has 0 bridgehead atoms. The Labute approximate surface area is 104 Å². The minimum absolute atomic E-state index is 0.159. The lowest BCUT2D eigenvalue weighted by molar-refractivity contribution is -0.274. The van der Waals surface area contributed by atoms with Crippen molar-refractivity contribution in [2.75, 3.05) is 13.1 Å². The first-order valence-corrected chi connectivity index (χ1v) is 6.08. The Balaban J connectivity index is 1.90. The molecule has 1 aromatic carbocycles. The van der Waals surface area contributed by atoms with Gasteiger partial charge in [-0.1, -0.05) is 12.1 Å². The summed E-state index contributed by atoms with van der Waals surface area (Å²) in [6.07, 6.45) is -1.37. The average molecular weight is 259 g/mol. The summed E-state index contributed by atoms with van der Waals surface area (Å²) in [5.74, 6) is 0.418. The number of nitrogens with one attached hydrogen (secondary N) is 1. The van der Waals surface area contributed by atoms with Crippen molar-refractivity contribution in [3.05, 3.63) is 29.8 Å². The summed E-state index contributed by atoms with van der Waals surface area (Å²) < 4.78 is 39.8. The van der Waals surface area contributed by atoms with Gasteiger partial charge in [-0.25, -0.2) is 0 Å². The van der Waals surface area contributed by atoms with E-state index in [1.54, 1.807) is 12.1 Å². The van der Waals surface area contributed by atoms with Crippen LogP contribution in [0, 0.1) is 5.92 Å². The summed E-state index contributed by atoms with van der Waals surface area (Å²) in [6, 6.07) is 6.16. The highest BCUT2D eigenvalue weighted by Crippen LogP contribution is 2.24. The summed E-state index contributed by atoms with van der Waals surface area (Å²) in [5, 5.41) is 3.32. The maximum Gasteiger partial charge on any atom is 0.573 e. The molecule has 2 nitrogen and oxygen atoms in total. The van der Waals surface area contributed by atoms with Crippen LogP contribution in [0.15, 0.2) is 24.3 Å². The van der Waals surface area contributed by atoms with Crippen molar-refractivity contribution in [2.45, 2.75) is 25.6 Å². The van der Waals surface area contributed by atoms with E-state index in [0.29, 0.717) is 5.92 Å². The van der Waals surface area contributed by atoms with Crippen LogP contribution in [-0.4, -0.2) is 19.5 Å². The van der Waals surface area contributed by atoms with Gasteiger partial charge in [0.1, 0.15) is 5.75 Å². The molecule has 0 aromatic heterocycles. The van der Waals surface area contributed by atoms with Crippen LogP contribution >= 0.6 is 0 Å². The number of piperidine rings is 1. The molecule has 0 spiro atoms. The highest BCUT2D eigenvalue weighted by Gasteiger charge is 2.30. The van der Waals surface area contributed by atoms with Crippen LogP contribution in [0.2, 0.25) is 0 Å². The Morgan fingerprint density at radius 3 is 2.50 bits per heavy atom. The third-order valence-electron chi connectivity index (χ3n) is 3.08. The van der Waals surface area contributed by atoms with Crippen LogP contribution in [0.5, 0.6) is 5.75 Å². The van der Waals surface area contributed by atoms with Gasteiger partial charge in [-0.2, -0.15) is 0 Å². The zero-order valence-corrected chi connectivity index (χ0v) is 9.96.